The summed E-state index contributed by atoms with van der Waals surface area (Å²) in [6, 6.07) is 15.5. The van der Waals surface area contributed by atoms with Crippen molar-refractivity contribution in [1.82, 2.24) is 15.5 Å². The third kappa shape index (κ3) is 4.94. The second kappa shape index (κ2) is 8.49. The van der Waals surface area contributed by atoms with Crippen molar-refractivity contribution >= 4 is 5.91 Å². The maximum absolute atomic E-state index is 12.4. The van der Waals surface area contributed by atoms with Gasteiger partial charge in [0.1, 0.15) is 5.75 Å². The lowest BCUT2D eigenvalue weighted by Gasteiger charge is -2.16. The number of benzene rings is 2. The lowest BCUT2D eigenvalue weighted by atomic mass is 10.1. The van der Waals surface area contributed by atoms with Gasteiger partial charge in [-0.3, -0.25) is 4.79 Å². The molecule has 3 rings (SSSR count). The zero-order valence-corrected chi connectivity index (χ0v) is 15.7. The highest BCUT2D eigenvalue weighted by Gasteiger charge is 2.19. The predicted octanol–water partition coefficient (Wildman–Crippen LogP) is 3.83. The number of carbonyl (C=O) groups excluding carboxylic acids is 1. The van der Waals surface area contributed by atoms with E-state index in [1.165, 1.54) is 0 Å². The minimum absolute atomic E-state index is 0.158. The van der Waals surface area contributed by atoms with E-state index in [2.05, 4.69) is 15.5 Å². The van der Waals surface area contributed by atoms with Crippen molar-refractivity contribution in [1.29, 1.82) is 0 Å². The van der Waals surface area contributed by atoms with E-state index < -0.39 is 6.10 Å². The van der Waals surface area contributed by atoms with Gasteiger partial charge in [-0.15, -0.1) is 0 Å². The lowest BCUT2D eigenvalue weighted by Crippen LogP contribution is -2.37. The summed E-state index contributed by atoms with van der Waals surface area (Å²) in [6.07, 6.45) is -0.0229. The number of aryl methyl sites for hydroxylation is 2. The van der Waals surface area contributed by atoms with Crippen LogP contribution in [0.1, 0.15) is 30.4 Å². The summed E-state index contributed by atoms with van der Waals surface area (Å²) < 4.78 is 11.0. The Bertz CT molecular complexity index is 886. The molecule has 1 N–H and O–H groups in total. The summed E-state index contributed by atoms with van der Waals surface area (Å²) in [5, 5.41) is 6.76. The van der Waals surface area contributed by atoms with Crippen LogP contribution < -0.4 is 10.1 Å². The van der Waals surface area contributed by atoms with Crippen molar-refractivity contribution in [2.24, 2.45) is 0 Å². The summed E-state index contributed by atoms with van der Waals surface area (Å²) in [5.74, 6) is 1.31. The van der Waals surface area contributed by atoms with Crippen LogP contribution in [0.5, 0.6) is 5.75 Å². The zero-order chi connectivity index (χ0) is 19.2. The average Bonchev–Trinajstić information content (AvgIpc) is 3.15. The number of aromatic nitrogens is 2. The van der Waals surface area contributed by atoms with E-state index in [1.54, 1.807) is 0 Å². The van der Waals surface area contributed by atoms with Gasteiger partial charge in [0.25, 0.3) is 5.91 Å². The molecule has 6 nitrogen and oxygen atoms in total. The minimum atomic E-state index is -0.577. The Balaban J connectivity index is 1.57. The largest absolute Gasteiger partial charge is 0.481 e. The molecule has 140 valence electrons. The fourth-order valence-electron chi connectivity index (χ4n) is 2.53. The second-order valence-corrected chi connectivity index (χ2v) is 6.42. The number of hydrogen-bond acceptors (Lipinski definition) is 5. The van der Waals surface area contributed by atoms with E-state index >= 15 is 0 Å². The molecule has 3 aromatic rings. The van der Waals surface area contributed by atoms with Gasteiger partial charge < -0.3 is 14.6 Å². The smallest absolute Gasteiger partial charge is 0.261 e. The van der Waals surface area contributed by atoms with Crippen LogP contribution in [0.2, 0.25) is 0 Å². The van der Waals surface area contributed by atoms with Gasteiger partial charge in [-0.05, 0) is 32.4 Å². The van der Waals surface area contributed by atoms with Crippen LogP contribution in [0.25, 0.3) is 11.4 Å². The third-order valence-corrected chi connectivity index (χ3v) is 4.15. The Hall–Kier alpha value is -3.15. The van der Waals surface area contributed by atoms with Gasteiger partial charge in [0.05, 0.1) is 6.54 Å². The van der Waals surface area contributed by atoms with Crippen LogP contribution in [0, 0.1) is 13.8 Å². The maximum atomic E-state index is 12.4. The number of hydrogen-bond donors (Lipinski definition) is 1. The van der Waals surface area contributed by atoms with Crippen LogP contribution in [0.4, 0.5) is 0 Å². The first kappa shape index (κ1) is 18.6. The van der Waals surface area contributed by atoms with Crippen molar-refractivity contribution in [3.8, 4) is 17.1 Å². The summed E-state index contributed by atoms with van der Waals surface area (Å²) in [4.78, 5) is 16.7. The van der Waals surface area contributed by atoms with Crippen molar-refractivity contribution in [2.45, 2.75) is 39.8 Å². The predicted molar refractivity (Wildman–Crippen MR) is 102 cm³/mol. The Morgan fingerprint density at radius 2 is 1.70 bits per heavy atom. The van der Waals surface area contributed by atoms with Crippen LogP contribution in [0.15, 0.2) is 53.1 Å². The van der Waals surface area contributed by atoms with Crippen LogP contribution in [0.3, 0.4) is 0 Å². The van der Waals surface area contributed by atoms with Gasteiger partial charge in [-0.2, -0.15) is 4.98 Å². The highest BCUT2D eigenvalue weighted by Crippen LogP contribution is 2.17. The molecule has 1 amide bonds. The number of amides is 1. The number of carbonyl (C=O) groups is 1. The van der Waals surface area contributed by atoms with Crippen LogP contribution in [-0.2, 0) is 11.3 Å². The summed E-state index contributed by atoms with van der Waals surface area (Å²) >= 11 is 0. The fraction of sp³-hybridized carbons (Fsp3) is 0.286. The molecular weight excluding hydrogens is 342 g/mol. The van der Waals surface area contributed by atoms with Crippen LogP contribution >= 0.6 is 0 Å². The monoisotopic (exact) mass is 365 g/mol. The quantitative estimate of drug-likeness (QED) is 0.688. The molecule has 0 spiro atoms. The molecule has 2 aromatic carbocycles. The number of rotatable bonds is 7. The van der Waals surface area contributed by atoms with Crippen molar-refractivity contribution in [2.75, 3.05) is 0 Å². The van der Waals surface area contributed by atoms with Gasteiger partial charge in [0.2, 0.25) is 11.7 Å². The first-order valence-electron chi connectivity index (χ1n) is 8.96. The molecule has 1 atom stereocenters. The van der Waals surface area contributed by atoms with Gasteiger partial charge in [0.15, 0.2) is 6.10 Å². The maximum Gasteiger partial charge on any atom is 0.261 e. The summed E-state index contributed by atoms with van der Waals surface area (Å²) in [5.41, 5.74) is 3.17. The molecular formula is C21H23N3O3. The Labute approximate surface area is 158 Å². The van der Waals surface area contributed by atoms with Crippen molar-refractivity contribution < 1.29 is 14.1 Å². The van der Waals surface area contributed by atoms with E-state index in [1.807, 2.05) is 69.3 Å². The molecule has 0 fully saturated rings. The van der Waals surface area contributed by atoms with Crippen LogP contribution in [-0.4, -0.2) is 22.2 Å². The van der Waals surface area contributed by atoms with E-state index in [9.17, 15) is 4.79 Å². The number of nitrogens with one attached hydrogen (secondary N) is 1. The molecule has 1 aromatic heterocycles. The summed E-state index contributed by atoms with van der Waals surface area (Å²) in [7, 11) is 0. The lowest BCUT2D eigenvalue weighted by molar-refractivity contribution is -0.128. The minimum Gasteiger partial charge on any atom is -0.481 e. The van der Waals surface area contributed by atoms with Crippen molar-refractivity contribution in [3.05, 3.63) is 65.5 Å². The molecule has 6 heteroatoms. The van der Waals surface area contributed by atoms with E-state index in [0.717, 1.165) is 16.7 Å². The van der Waals surface area contributed by atoms with Gasteiger partial charge >= 0.3 is 0 Å². The number of nitrogens with zero attached hydrogens (tertiary/aromatic N) is 2. The molecule has 0 bridgehead atoms. The molecule has 0 aliphatic carbocycles. The van der Waals surface area contributed by atoms with E-state index in [4.69, 9.17) is 9.26 Å². The van der Waals surface area contributed by atoms with E-state index in [-0.39, 0.29) is 12.5 Å². The highest BCUT2D eigenvalue weighted by atomic mass is 16.5. The molecule has 0 radical (unpaired) electrons. The molecule has 0 unspecified atom stereocenters. The SMILES string of the molecule is CC[C@@H](Oc1ccc(C)cc1)C(=O)NCc1nc(-c2ccc(C)cc2)no1. The first-order chi connectivity index (χ1) is 13.0. The second-order valence-electron chi connectivity index (χ2n) is 6.42. The molecule has 0 aliphatic heterocycles. The summed E-state index contributed by atoms with van der Waals surface area (Å²) in [6.45, 7) is 6.08. The van der Waals surface area contributed by atoms with Gasteiger partial charge in [-0.25, -0.2) is 0 Å². The Morgan fingerprint density at radius 1 is 1.07 bits per heavy atom. The molecule has 1 heterocycles. The number of ether oxygens (including phenoxy) is 1. The average molecular weight is 365 g/mol. The van der Waals surface area contributed by atoms with Gasteiger partial charge in [-0.1, -0.05) is 59.6 Å². The Morgan fingerprint density at radius 3 is 2.33 bits per heavy atom. The molecule has 0 saturated carbocycles. The molecule has 0 saturated heterocycles. The van der Waals surface area contributed by atoms with Gasteiger partial charge in [0, 0.05) is 5.56 Å². The zero-order valence-electron chi connectivity index (χ0n) is 15.7. The Kier molecular flexibility index (Phi) is 5.86. The molecule has 27 heavy (non-hydrogen) atoms. The third-order valence-electron chi connectivity index (χ3n) is 4.15. The fourth-order valence-corrected chi connectivity index (χ4v) is 2.53. The van der Waals surface area contributed by atoms with Crippen molar-refractivity contribution in [3.63, 3.8) is 0 Å². The normalized spacial score (nSPS) is 11.8. The topological polar surface area (TPSA) is 77.2 Å². The molecule has 0 aliphatic rings. The van der Waals surface area contributed by atoms with E-state index in [0.29, 0.717) is 23.9 Å². The highest BCUT2D eigenvalue weighted by molar-refractivity contribution is 5.81. The standard InChI is InChI=1S/C21H23N3O3/c1-4-18(26-17-11-7-15(3)8-12-17)21(25)22-13-19-23-20(24-27-19)16-9-5-14(2)6-10-16/h5-12,18H,4,13H2,1-3H3,(H,22,25)/t18-/m1/s1. The first-order valence-corrected chi connectivity index (χ1v) is 8.96.